The molecule has 0 saturated heterocycles. The topological polar surface area (TPSA) is 107 Å². The molecule has 0 aromatic heterocycles. The van der Waals surface area contributed by atoms with Gasteiger partial charge in [-0.1, -0.05) is 27.7 Å². The Morgan fingerprint density at radius 3 is 2.58 bits per heavy atom. The zero-order chi connectivity index (χ0) is 24.1. The molecule has 6 atom stereocenters. The van der Waals surface area contributed by atoms with E-state index >= 15 is 0 Å². The Bertz CT molecular complexity index is 1050. The van der Waals surface area contributed by atoms with E-state index in [2.05, 4.69) is 27.7 Å². The van der Waals surface area contributed by atoms with Gasteiger partial charge >= 0.3 is 5.97 Å². The highest BCUT2D eigenvalue weighted by atomic mass is 16.5. The number of carbonyl (C=O) groups is 2. The van der Waals surface area contributed by atoms with Gasteiger partial charge in [0, 0.05) is 23.0 Å². The molecule has 0 unspecified atom stereocenters. The Balaban J connectivity index is 1.60. The van der Waals surface area contributed by atoms with Crippen LogP contribution < -0.4 is 4.74 Å². The van der Waals surface area contributed by atoms with Crippen LogP contribution in [0.1, 0.15) is 81.8 Å². The van der Waals surface area contributed by atoms with Crippen molar-refractivity contribution in [2.75, 3.05) is 0 Å². The number of carbonyl (C=O) groups excluding carboxylic acids is 1. The summed E-state index contributed by atoms with van der Waals surface area (Å²) in [5.74, 6) is -0.333. The first-order chi connectivity index (χ1) is 15.3. The molecule has 7 heteroatoms. The zero-order valence-electron chi connectivity index (χ0n) is 20.1. The van der Waals surface area contributed by atoms with Gasteiger partial charge in [0.1, 0.15) is 23.1 Å². The largest absolute Gasteiger partial charge is 0.508 e. The first-order valence-electron chi connectivity index (χ1n) is 12.1. The fourth-order valence-corrected chi connectivity index (χ4v) is 7.74. The number of aromatic hydroxyl groups is 1. The molecule has 33 heavy (non-hydrogen) atoms. The molecule has 1 aromatic carbocycles. The number of hydrogen-bond donors (Lipinski definition) is 3. The molecule has 0 radical (unpaired) electrons. The summed E-state index contributed by atoms with van der Waals surface area (Å²) in [4.78, 5) is 25.9. The number of nitrogens with zero attached hydrogens (tertiary/aromatic N) is 1. The number of amides is 1. The first-order valence-corrected chi connectivity index (χ1v) is 12.1. The van der Waals surface area contributed by atoms with Gasteiger partial charge in [0.05, 0.1) is 18.2 Å². The number of phenolic OH excluding ortho intramolecular Hbond substituents is 1. The smallest absolute Gasteiger partial charge is 0.326 e. The normalized spacial score (nSPS) is 37.3. The Labute approximate surface area is 194 Å². The lowest BCUT2D eigenvalue weighted by Gasteiger charge is -2.64. The van der Waals surface area contributed by atoms with Gasteiger partial charge in [0.2, 0.25) is 0 Å². The van der Waals surface area contributed by atoms with Gasteiger partial charge in [-0.25, -0.2) is 4.79 Å². The van der Waals surface area contributed by atoms with Gasteiger partial charge in [-0.3, -0.25) is 4.79 Å². The third kappa shape index (κ3) is 2.71. The van der Waals surface area contributed by atoms with E-state index in [0.29, 0.717) is 29.7 Å². The first kappa shape index (κ1) is 22.5. The van der Waals surface area contributed by atoms with Gasteiger partial charge < -0.3 is 25.0 Å². The molecule has 180 valence electrons. The van der Waals surface area contributed by atoms with Crippen molar-refractivity contribution in [3.05, 3.63) is 22.8 Å². The molecular formula is C26H35NO6. The number of aliphatic hydroxyl groups is 1. The van der Waals surface area contributed by atoms with E-state index in [-0.39, 0.29) is 47.0 Å². The SMILES string of the molecule is C[C@@H](C(=O)O)N1Cc2c(cc(O)c3c2O[C@]2(C3)[C@@H](C)CC[C@@H]3C(C)(C)[C@H](O)CC[C@@]32C)C1=O. The summed E-state index contributed by atoms with van der Waals surface area (Å²) in [6, 6.07) is 0.532. The average molecular weight is 458 g/mol. The van der Waals surface area contributed by atoms with Crippen LogP contribution in [0.3, 0.4) is 0 Å². The highest BCUT2D eigenvalue weighted by molar-refractivity contribution is 6.02. The van der Waals surface area contributed by atoms with Crippen LogP contribution in [0, 0.1) is 22.7 Å². The quantitative estimate of drug-likeness (QED) is 0.625. The number of carboxylic acid groups (broad SMARTS) is 1. The van der Waals surface area contributed by atoms with Gasteiger partial charge in [0.25, 0.3) is 5.91 Å². The van der Waals surface area contributed by atoms with Crippen molar-refractivity contribution in [2.45, 2.75) is 91.0 Å². The summed E-state index contributed by atoms with van der Waals surface area (Å²) in [6.45, 7) is 10.5. The summed E-state index contributed by atoms with van der Waals surface area (Å²) in [6.07, 6.45) is 3.74. The molecule has 2 heterocycles. The van der Waals surface area contributed by atoms with Crippen molar-refractivity contribution >= 4 is 11.9 Å². The zero-order valence-corrected chi connectivity index (χ0v) is 20.1. The summed E-state index contributed by atoms with van der Waals surface area (Å²) in [5, 5.41) is 31.2. The van der Waals surface area contributed by atoms with Crippen LogP contribution >= 0.6 is 0 Å². The number of fused-ring (bicyclic) bond motifs is 5. The Hall–Kier alpha value is -2.28. The molecule has 0 bridgehead atoms. The van der Waals surface area contributed by atoms with Gasteiger partial charge in [-0.2, -0.15) is 0 Å². The minimum atomic E-state index is -1.06. The molecule has 2 aliphatic heterocycles. The molecule has 4 aliphatic rings. The van der Waals surface area contributed by atoms with E-state index in [0.717, 1.165) is 24.8 Å². The van der Waals surface area contributed by atoms with Crippen LogP contribution in [0.2, 0.25) is 0 Å². The molecular weight excluding hydrogens is 422 g/mol. The van der Waals surface area contributed by atoms with Gasteiger partial charge in [-0.05, 0) is 55.9 Å². The molecule has 2 saturated carbocycles. The molecule has 7 nitrogen and oxygen atoms in total. The van der Waals surface area contributed by atoms with Crippen LogP contribution in [0.5, 0.6) is 11.5 Å². The monoisotopic (exact) mass is 457 g/mol. The Kier molecular flexibility index (Phi) is 4.69. The number of aliphatic hydroxyl groups excluding tert-OH is 1. The van der Waals surface area contributed by atoms with Crippen molar-refractivity contribution in [3.8, 4) is 11.5 Å². The maximum absolute atomic E-state index is 13.0. The highest BCUT2D eigenvalue weighted by Crippen LogP contribution is 2.67. The lowest BCUT2D eigenvalue weighted by atomic mass is 9.43. The number of carboxylic acids is 1. The summed E-state index contributed by atoms with van der Waals surface area (Å²) < 4.78 is 6.94. The summed E-state index contributed by atoms with van der Waals surface area (Å²) in [5.41, 5.74) is 0.752. The average Bonchev–Trinajstić information content (AvgIpc) is 3.30. The van der Waals surface area contributed by atoms with E-state index in [1.54, 1.807) is 0 Å². The standard InChI is InChI=1S/C26H35NO6/c1-13-6-7-19-24(3,4)20(29)8-9-25(19,5)26(13)11-16-18(28)10-15-17(21(16)33-26)12-27(22(15)30)14(2)23(31)32/h10,13-14,19-20,28-29H,6-9,11-12H2,1-5H3,(H,31,32)/t13-,14-,19+,20+,25-,26+/m0/s1. The van der Waals surface area contributed by atoms with Gasteiger partial charge in [0.15, 0.2) is 0 Å². The van der Waals surface area contributed by atoms with Crippen molar-refractivity contribution in [3.63, 3.8) is 0 Å². The minimum Gasteiger partial charge on any atom is -0.508 e. The van der Waals surface area contributed by atoms with E-state index in [1.807, 2.05) is 0 Å². The van der Waals surface area contributed by atoms with Crippen LogP contribution in [0.15, 0.2) is 6.07 Å². The predicted octanol–water partition coefficient (Wildman–Crippen LogP) is 3.73. The molecule has 3 N–H and O–H groups in total. The second kappa shape index (κ2) is 6.87. The fraction of sp³-hybridized carbons (Fsp3) is 0.692. The van der Waals surface area contributed by atoms with Crippen LogP contribution in [0.4, 0.5) is 0 Å². The third-order valence-corrected chi connectivity index (χ3v) is 9.95. The molecule has 5 rings (SSSR count). The lowest BCUT2D eigenvalue weighted by Crippen LogP contribution is -2.66. The van der Waals surface area contributed by atoms with Crippen LogP contribution in [0.25, 0.3) is 0 Å². The van der Waals surface area contributed by atoms with E-state index in [9.17, 15) is 24.9 Å². The third-order valence-electron chi connectivity index (χ3n) is 9.95. The van der Waals surface area contributed by atoms with Gasteiger partial charge in [-0.15, -0.1) is 0 Å². The molecule has 2 aliphatic carbocycles. The van der Waals surface area contributed by atoms with E-state index in [1.165, 1.54) is 17.9 Å². The number of phenols is 1. The fourth-order valence-electron chi connectivity index (χ4n) is 7.74. The molecule has 1 amide bonds. The number of hydrogen-bond acceptors (Lipinski definition) is 5. The van der Waals surface area contributed by atoms with Crippen molar-refractivity contribution in [2.24, 2.45) is 22.7 Å². The number of benzene rings is 1. The second-order valence-electron chi connectivity index (χ2n) is 11.7. The van der Waals surface area contributed by atoms with Crippen LogP contribution in [-0.2, 0) is 17.8 Å². The van der Waals surface area contributed by atoms with Crippen molar-refractivity contribution in [1.29, 1.82) is 0 Å². The summed E-state index contributed by atoms with van der Waals surface area (Å²) >= 11 is 0. The number of aliphatic carboxylic acids is 1. The Morgan fingerprint density at radius 1 is 1.21 bits per heavy atom. The maximum Gasteiger partial charge on any atom is 0.326 e. The predicted molar refractivity (Wildman–Crippen MR) is 121 cm³/mol. The number of rotatable bonds is 2. The second-order valence-corrected chi connectivity index (χ2v) is 11.7. The Morgan fingerprint density at radius 2 is 1.91 bits per heavy atom. The molecule has 1 aromatic rings. The van der Waals surface area contributed by atoms with Crippen LogP contribution in [-0.4, -0.2) is 49.8 Å². The van der Waals surface area contributed by atoms with E-state index < -0.39 is 17.6 Å². The highest BCUT2D eigenvalue weighted by Gasteiger charge is 2.67. The van der Waals surface area contributed by atoms with E-state index in [4.69, 9.17) is 4.74 Å². The maximum atomic E-state index is 13.0. The van der Waals surface area contributed by atoms with Crippen molar-refractivity contribution < 1.29 is 29.6 Å². The summed E-state index contributed by atoms with van der Waals surface area (Å²) in [7, 11) is 0. The number of ether oxygens (including phenoxy) is 1. The lowest BCUT2D eigenvalue weighted by molar-refractivity contribution is -0.210. The minimum absolute atomic E-state index is 0.0480. The molecule has 2 fully saturated rings. The van der Waals surface area contributed by atoms with Crippen molar-refractivity contribution in [1.82, 2.24) is 4.90 Å². The molecule has 1 spiro atoms.